The average molecular weight is 436 g/mol. The molecule has 0 aliphatic rings. The summed E-state index contributed by atoms with van der Waals surface area (Å²) in [4.78, 5) is 24.9. The van der Waals surface area contributed by atoms with Gasteiger partial charge in [0.25, 0.3) is 5.91 Å². The summed E-state index contributed by atoms with van der Waals surface area (Å²) in [7, 11) is 1.54. The van der Waals surface area contributed by atoms with Crippen LogP contribution in [0.1, 0.15) is 30.6 Å². The van der Waals surface area contributed by atoms with Gasteiger partial charge in [-0.3, -0.25) is 4.79 Å². The van der Waals surface area contributed by atoms with Gasteiger partial charge < -0.3 is 25.5 Å². The molecule has 7 heteroatoms. The first-order valence-electron chi connectivity index (χ1n) is 10.3. The number of para-hydroxylation sites is 1. The van der Waals surface area contributed by atoms with Gasteiger partial charge in [-0.15, -0.1) is 0 Å². The number of fused-ring (bicyclic) bond motifs is 1. The topological polar surface area (TPSA) is 107 Å². The van der Waals surface area contributed by atoms with Crippen molar-refractivity contribution in [2.24, 2.45) is 5.73 Å². The lowest BCUT2D eigenvalue weighted by Crippen LogP contribution is -2.19. The fourth-order valence-corrected chi connectivity index (χ4v) is 2.75. The number of anilines is 2. The third-order valence-electron chi connectivity index (χ3n) is 4.38. The minimum Gasteiger partial charge on any atom is -0.497 e. The molecule has 0 radical (unpaired) electrons. The molecular weight excluding hydrogens is 406 g/mol. The fraction of sp³-hybridized carbons (Fsp3) is 0.200. The lowest BCUT2D eigenvalue weighted by molar-refractivity contribution is 0.102. The van der Waals surface area contributed by atoms with E-state index in [2.05, 4.69) is 10.6 Å². The van der Waals surface area contributed by atoms with E-state index in [1.54, 1.807) is 42.6 Å². The average Bonchev–Trinajstić information content (AvgIpc) is 2.80. The van der Waals surface area contributed by atoms with Crippen molar-refractivity contribution in [2.75, 3.05) is 24.3 Å². The van der Waals surface area contributed by atoms with Gasteiger partial charge in [-0.25, -0.2) is 4.79 Å². The van der Waals surface area contributed by atoms with Gasteiger partial charge in [-0.2, -0.15) is 0 Å². The molecular formula is C25H29N3O4. The SMILES string of the molecule is C/C=C/CNc1ccccc1C(=O)Nc1cc2ccc(OC)cc2oc1=O.CC/C=C\N. The van der Waals surface area contributed by atoms with Crippen molar-refractivity contribution in [1.82, 2.24) is 0 Å². The second-order valence-electron chi connectivity index (χ2n) is 6.64. The Morgan fingerprint density at radius 2 is 1.91 bits per heavy atom. The molecule has 1 heterocycles. The molecule has 0 bridgehead atoms. The number of hydrogen-bond acceptors (Lipinski definition) is 6. The van der Waals surface area contributed by atoms with E-state index in [1.165, 1.54) is 7.11 Å². The number of allylic oxidation sites excluding steroid dienone is 2. The van der Waals surface area contributed by atoms with Crippen LogP contribution in [0.4, 0.5) is 11.4 Å². The Kier molecular flexibility index (Phi) is 9.59. The Morgan fingerprint density at radius 1 is 1.12 bits per heavy atom. The van der Waals surface area contributed by atoms with Crippen LogP contribution < -0.4 is 26.7 Å². The highest BCUT2D eigenvalue weighted by Gasteiger charge is 2.14. The molecule has 2 aromatic carbocycles. The third-order valence-corrected chi connectivity index (χ3v) is 4.38. The molecule has 0 aliphatic heterocycles. The van der Waals surface area contributed by atoms with E-state index < -0.39 is 11.5 Å². The highest BCUT2D eigenvalue weighted by atomic mass is 16.5. The molecule has 0 fully saturated rings. The first-order chi connectivity index (χ1) is 15.5. The Hall–Kier alpha value is -4.00. The molecule has 1 aromatic heterocycles. The molecule has 0 unspecified atom stereocenters. The Morgan fingerprint density at radius 3 is 2.56 bits per heavy atom. The molecule has 1 amide bonds. The van der Waals surface area contributed by atoms with Crippen molar-refractivity contribution in [3.63, 3.8) is 0 Å². The molecule has 168 valence electrons. The number of nitrogens with one attached hydrogen (secondary N) is 2. The summed E-state index contributed by atoms with van der Waals surface area (Å²) >= 11 is 0. The smallest absolute Gasteiger partial charge is 0.360 e. The van der Waals surface area contributed by atoms with Crippen LogP contribution in [-0.2, 0) is 0 Å². The second kappa shape index (κ2) is 12.6. The van der Waals surface area contributed by atoms with Crippen LogP contribution in [0.5, 0.6) is 5.75 Å². The summed E-state index contributed by atoms with van der Waals surface area (Å²) in [5.41, 5.74) is 5.94. The van der Waals surface area contributed by atoms with Gasteiger partial charge in [-0.05, 0) is 49.9 Å². The van der Waals surface area contributed by atoms with Gasteiger partial charge in [0.15, 0.2) is 0 Å². The highest BCUT2D eigenvalue weighted by molar-refractivity contribution is 6.08. The number of methoxy groups -OCH3 is 1. The lowest BCUT2D eigenvalue weighted by atomic mass is 10.1. The zero-order valence-electron chi connectivity index (χ0n) is 18.6. The molecule has 3 rings (SSSR count). The molecule has 3 aromatic rings. The zero-order valence-corrected chi connectivity index (χ0v) is 18.6. The van der Waals surface area contributed by atoms with Crippen LogP contribution in [-0.4, -0.2) is 19.6 Å². The second-order valence-corrected chi connectivity index (χ2v) is 6.64. The maximum atomic E-state index is 12.7. The van der Waals surface area contributed by atoms with E-state index in [0.717, 1.165) is 6.42 Å². The Bertz CT molecular complexity index is 1150. The van der Waals surface area contributed by atoms with Gasteiger partial charge >= 0.3 is 5.63 Å². The molecule has 4 N–H and O–H groups in total. The molecule has 32 heavy (non-hydrogen) atoms. The minimum absolute atomic E-state index is 0.0842. The molecule has 0 saturated carbocycles. The Balaban J connectivity index is 0.000000654. The van der Waals surface area contributed by atoms with E-state index in [4.69, 9.17) is 14.9 Å². The summed E-state index contributed by atoms with van der Waals surface area (Å²) in [5.74, 6) is 0.197. The predicted octanol–water partition coefficient (Wildman–Crippen LogP) is 4.91. The summed E-state index contributed by atoms with van der Waals surface area (Å²) in [6.07, 6.45) is 8.36. The van der Waals surface area contributed by atoms with E-state index in [1.807, 2.05) is 44.2 Å². The number of amides is 1. The van der Waals surface area contributed by atoms with Crippen LogP contribution in [0, 0.1) is 0 Å². The molecule has 0 atom stereocenters. The molecule has 0 saturated heterocycles. The number of ether oxygens (including phenoxy) is 1. The summed E-state index contributed by atoms with van der Waals surface area (Å²) in [6, 6.07) is 13.9. The van der Waals surface area contributed by atoms with Gasteiger partial charge in [0.2, 0.25) is 0 Å². The van der Waals surface area contributed by atoms with Crippen molar-refractivity contribution in [2.45, 2.75) is 20.3 Å². The first kappa shape index (κ1) is 24.3. The van der Waals surface area contributed by atoms with Crippen LogP contribution in [0.25, 0.3) is 11.0 Å². The predicted molar refractivity (Wildman–Crippen MR) is 130 cm³/mol. The van der Waals surface area contributed by atoms with Crippen LogP contribution in [0.2, 0.25) is 0 Å². The van der Waals surface area contributed by atoms with Crippen LogP contribution >= 0.6 is 0 Å². The number of rotatable bonds is 7. The van der Waals surface area contributed by atoms with Gasteiger partial charge in [0.1, 0.15) is 17.0 Å². The number of hydrogen-bond donors (Lipinski definition) is 3. The van der Waals surface area contributed by atoms with E-state index in [9.17, 15) is 9.59 Å². The summed E-state index contributed by atoms with van der Waals surface area (Å²) in [5, 5.41) is 6.50. The highest BCUT2D eigenvalue weighted by Crippen LogP contribution is 2.22. The van der Waals surface area contributed by atoms with E-state index in [-0.39, 0.29) is 5.69 Å². The molecule has 0 spiro atoms. The number of nitrogens with two attached hydrogens (primary N) is 1. The third kappa shape index (κ3) is 6.77. The van der Waals surface area contributed by atoms with Gasteiger partial charge in [0.05, 0.1) is 12.7 Å². The maximum absolute atomic E-state index is 12.7. The van der Waals surface area contributed by atoms with Crippen molar-refractivity contribution in [3.05, 3.63) is 88.9 Å². The van der Waals surface area contributed by atoms with Gasteiger partial charge in [-0.1, -0.05) is 37.3 Å². The summed E-state index contributed by atoms with van der Waals surface area (Å²) in [6.45, 7) is 4.57. The monoisotopic (exact) mass is 435 g/mol. The first-order valence-corrected chi connectivity index (χ1v) is 10.3. The quantitative estimate of drug-likeness (QED) is 0.360. The number of benzene rings is 2. The maximum Gasteiger partial charge on any atom is 0.360 e. The van der Waals surface area contributed by atoms with Crippen molar-refractivity contribution in [3.8, 4) is 5.75 Å². The fourth-order valence-electron chi connectivity index (χ4n) is 2.75. The molecule has 0 aliphatic carbocycles. The van der Waals surface area contributed by atoms with Crippen LogP contribution in [0.15, 0.2) is 82.2 Å². The zero-order chi connectivity index (χ0) is 23.3. The van der Waals surface area contributed by atoms with E-state index >= 15 is 0 Å². The number of carbonyl (C=O) groups is 1. The van der Waals surface area contributed by atoms with Crippen molar-refractivity contribution < 1.29 is 13.9 Å². The summed E-state index contributed by atoms with van der Waals surface area (Å²) < 4.78 is 10.4. The van der Waals surface area contributed by atoms with E-state index in [0.29, 0.717) is 34.5 Å². The normalized spacial score (nSPS) is 10.7. The van der Waals surface area contributed by atoms with Crippen molar-refractivity contribution in [1.29, 1.82) is 0 Å². The van der Waals surface area contributed by atoms with Crippen molar-refractivity contribution >= 4 is 28.3 Å². The van der Waals surface area contributed by atoms with Crippen LogP contribution in [0.3, 0.4) is 0 Å². The van der Waals surface area contributed by atoms with Gasteiger partial charge in [0, 0.05) is 23.7 Å². The largest absolute Gasteiger partial charge is 0.497 e. The lowest BCUT2D eigenvalue weighted by Gasteiger charge is -2.11. The Labute approximate surface area is 187 Å². The standard InChI is InChI=1S/C21H20N2O4.C4H9N/c1-3-4-11-22-17-8-6-5-7-16(17)20(24)23-18-12-14-9-10-15(26-2)13-19(14)27-21(18)25;1-2-3-4-5/h3-10,12-13,22H,11H2,1-2H3,(H,23,24);3-4H,2,5H2,1H3/b4-3+;4-3-. The molecule has 7 nitrogen and oxygen atoms in total. The number of carbonyl (C=O) groups excluding carboxylic acids is 1. The minimum atomic E-state index is -0.622.